The summed E-state index contributed by atoms with van der Waals surface area (Å²) in [5.41, 5.74) is 0.886. The van der Waals surface area contributed by atoms with Crippen molar-refractivity contribution in [3.63, 3.8) is 0 Å². The number of carboxylic acids is 1. The molecule has 0 amide bonds. The van der Waals surface area contributed by atoms with Crippen LogP contribution in [0.4, 0.5) is 0 Å². The fourth-order valence-corrected chi connectivity index (χ4v) is 2.31. The van der Waals surface area contributed by atoms with Crippen molar-refractivity contribution in [3.8, 4) is 0 Å². The summed E-state index contributed by atoms with van der Waals surface area (Å²) in [6.45, 7) is 6.50. The van der Waals surface area contributed by atoms with Crippen molar-refractivity contribution in [2.24, 2.45) is 0 Å². The van der Waals surface area contributed by atoms with Crippen molar-refractivity contribution < 1.29 is 14.3 Å². The van der Waals surface area contributed by atoms with E-state index in [1.165, 1.54) is 11.8 Å². The largest absolute Gasteiger partial charge is 0.480 e. The predicted octanol–water partition coefficient (Wildman–Crippen LogP) is 2.23. The highest BCUT2D eigenvalue weighted by molar-refractivity contribution is 7.99. The molecular weight excluding hydrogens is 252 g/mol. The van der Waals surface area contributed by atoms with Crippen molar-refractivity contribution in [1.82, 2.24) is 10.3 Å². The average molecular weight is 272 g/mol. The molecule has 5 nitrogen and oxygen atoms in total. The summed E-state index contributed by atoms with van der Waals surface area (Å²) in [7, 11) is 0. The minimum Gasteiger partial charge on any atom is -0.480 e. The first-order valence-corrected chi connectivity index (χ1v) is 7.06. The second-order valence-corrected chi connectivity index (χ2v) is 5.15. The van der Waals surface area contributed by atoms with Crippen LogP contribution in [0.3, 0.4) is 0 Å². The van der Waals surface area contributed by atoms with Crippen LogP contribution in [0.5, 0.6) is 0 Å². The molecule has 1 atom stereocenters. The maximum atomic E-state index is 11.0. The van der Waals surface area contributed by atoms with Crippen molar-refractivity contribution in [2.75, 3.05) is 12.3 Å². The Morgan fingerprint density at radius 3 is 2.78 bits per heavy atom. The van der Waals surface area contributed by atoms with Gasteiger partial charge in [0.2, 0.25) is 0 Å². The van der Waals surface area contributed by atoms with Crippen LogP contribution in [0.2, 0.25) is 0 Å². The third-order valence-electron chi connectivity index (χ3n) is 2.58. The van der Waals surface area contributed by atoms with E-state index in [0.29, 0.717) is 17.4 Å². The van der Waals surface area contributed by atoms with Gasteiger partial charge in [0.05, 0.1) is 5.69 Å². The summed E-state index contributed by atoms with van der Waals surface area (Å²) in [4.78, 5) is 15.2. The summed E-state index contributed by atoms with van der Waals surface area (Å²) in [6, 6.07) is -0.491. The van der Waals surface area contributed by atoms with Crippen molar-refractivity contribution in [1.29, 1.82) is 0 Å². The molecule has 0 aliphatic carbocycles. The third-order valence-corrected chi connectivity index (χ3v) is 3.44. The van der Waals surface area contributed by atoms with E-state index < -0.39 is 12.0 Å². The molecule has 0 aliphatic heterocycles. The number of carbonyl (C=O) groups is 1. The molecule has 1 heterocycles. The van der Waals surface area contributed by atoms with Crippen LogP contribution in [0.1, 0.15) is 31.2 Å². The Morgan fingerprint density at radius 2 is 2.28 bits per heavy atom. The molecule has 18 heavy (non-hydrogen) atoms. The lowest BCUT2D eigenvalue weighted by molar-refractivity contribution is -0.139. The summed E-state index contributed by atoms with van der Waals surface area (Å²) < 4.78 is 5.42. The average Bonchev–Trinajstić information content (AvgIpc) is 2.62. The highest BCUT2D eigenvalue weighted by Gasteiger charge is 2.16. The van der Waals surface area contributed by atoms with E-state index in [4.69, 9.17) is 9.52 Å². The molecule has 1 aromatic heterocycles. The fraction of sp³-hybridized carbons (Fsp3) is 0.667. The number of carboxylic acid groups (broad SMARTS) is 1. The summed E-state index contributed by atoms with van der Waals surface area (Å²) >= 11 is 1.45. The van der Waals surface area contributed by atoms with Gasteiger partial charge >= 0.3 is 5.97 Å². The van der Waals surface area contributed by atoms with Crippen LogP contribution in [0, 0.1) is 13.8 Å². The quantitative estimate of drug-likeness (QED) is 0.707. The number of oxazole rings is 1. The molecular formula is C12H20N2O3S. The number of nitrogens with one attached hydrogen (secondary N) is 1. The zero-order chi connectivity index (χ0) is 13.5. The molecule has 0 spiro atoms. The Bertz CT molecular complexity index is 373. The number of aryl methyl sites for hydroxylation is 2. The number of aliphatic carboxylic acids is 1. The van der Waals surface area contributed by atoms with Gasteiger partial charge in [0.1, 0.15) is 11.8 Å². The molecule has 0 aromatic carbocycles. The summed E-state index contributed by atoms with van der Waals surface area (Å²) in [6.07, 6.45) is 1.48. The molecule has 102 valence electrons. The van der Waals surface area contributed by atoms with Crippen LogP contribution in [-0.4, -0.2) is 34.4 Å². The van der Waals surface area contributed by atoms with Gasteiger partial charge in [0.15, 0.2) is 0 Å². The number of rotatable bonds is 8. The molecule has 0 radical (unpaired) electrons. The summed E-state index contributed by atoms with van der Waals surface area (Å²) in [5.74, 6) is 0.688. The van der Waals surface area contributed by atoms with Gasteiger partial charge in [-0.15, -0.1) is 0 Å². The Labute approximate surface area is 111 Å². The third kappa shape index (κ3) is 4.70. The van der Waals surface area contributed by atoms with E-state index in [-0.39, 0.29) is 0 Å². The highest BCUT2D eigenvalue weighted by atomic mass is 32.2. The van der Waals surface area contributed by atoms with Crippen LogP contribution in [0.15, 0.2) is 9.64 Å². The smallest absolute Gasteiger partial charge is 0.320 e. The topological polar surface area (TPSA) is 75.4 Å². The normalized spacial score (nSPS) is 12.6. The van der Waals surface area contributed by atoms with Gasteiger partial charge in [-0.3, -0.25) is 4.79 Å². The molecule has 6 heteroatoms. The first-order valence-electron chi connectivity index (χ1n) is 6.07. The van der Waals surface area contributed by atoms with E-state index in [1.807, 2.05) is 20.8 Å². The van der Waals surface area contributed by atoms with Gasteiger partial charge in [0.25, 0.3) is 5.22 Å². The Balaban J connectivity index is 2.36. The number of thioether (sulfide) groups is 1. The maximum Gasteiger partial charge on any atom is 0.320 e. The van der Waals surface area contributed by atoms with Gasteiger partial charge in [-0.1, -0.05) is 18.7 Å². The van der Waals surface area contributed by atoms with E-state index in [0.717, 1.165) is 24.4 Å². The van der Waals surface area contributed by atoms with Crippen LogP contribution in [-0.2, 0) is 4.79 Å². The first-order chi connectivity index (χ1) is 8.54. The van der Waals surface area contributed by atoms with Gasteiger partial charge in [0, 0.05) is 5.75 Å². The lowest BCUT2D eigenvalue weighted by Crippen LogP contribution is -2.37. The van der Waals surface area contributed by atoms with Crippen LogP contribution < -0.4 is 5.32 Å². The van der Waals surface area contributed by atoms with Gasteiger partial charge < -0.3 is 14.8 Å². The van der Waals surface area contributed by atoms with Gasteiger partial charge in [-0.2, -0.15) is 0 Å². The second-order valence-electron chi connectivity index (χ2n) is 4.10. The fourth-order valence-electron chi connectivity index (χ4n) is 1.40. The van der Waals surface area contributed by atoms with E-state index in [2.05, 4.69) is 10.3 Å². The predicted molar refractivity (Wildman–Crippen MR) is 71.0 cm³/mol. The molecule has 0 aliphatic rings. The molecule has 1 rings (SSSR count). The van der Waals surface area contributed by atoms with Crippen LogP contribution in [0.25, 0.3) is 0 Å². The molecule has 0 saturated carbocycles. The minimum absolute atomic E-state index is 0.491. The lowest BCUT2D eigenvalue weighted by Gasteiger charge is -2.12. The van der Waals surface area contributed by atoms with Gasteiger partial charge in [-0.25, -0.2) is 4.98 Å². The monoisotopic (exact) mass is 272 g/mol. The van der Waals surface area contributed by atoms with Crippen molar-refractivity contribution in [2.45, 2.75) is 44.9 Å². The Morgan fingerprint density at radius 1 is 1.56 bits per heavy atom. The maximum absolute atomic E-state index is 11.0. The molecule has 1 aromatic rings. The van der Waals surface area contributed by atoms with E-state index >= 15 is 0 Å². The molecule has 0 bridgehead atoms. The standard InChI is InChI=1S/C12H20N2O3S/c1-4-6-13-10(11(15)16)5-7-18-12-14-8(2)9(3)17-12/h10,13H,4-7H2,1-3H3,(H,15,16). The van der Waals surface area contributed by atoms with E-state index in [9.17, 15) is 4.79 Å². The van der Waals surface area contributed by atoms with E-state index in [1.54, 1.807) is 0 Å². The summed E-state index contributed by atoms with van der Waals surface area (Å²) in [5, 5.41) is 12.7. The number of hydrogen-bond acceptors (Lipinski definition) is 5. The number of aromatic nitrogens is 1. The molecule has 0 saturated heterocycles. The SMILES string of the molecule is CCCNC(CCSc1nc(C)c(C)o1)C(=O)O. The number of nitrogens with zero attached hydrogens (tertiary/aromatic N) is 1. The van der Waals surface area contributed by atoms with Crippen molar-refractivity contribution in [3.05, 3.63) is 11.5 Å². The molecule has 2 N–H and O–H groups in total. The Hall–Kier alpha value is -1.01. The lowest BCUT2D eigenvalue weighted by atomic mass is 10.2. The first kappa shape index (κ1) is 15.0. The molecule has 0 fully saturated rings. The second kappa shape index (κ2) is 7.43. The minimum atomic E-state index is -0.802. The van der Waals surface area contributed by atoms with Crippen molar-refractivity contribution >= 4 is 17.7 Å². The molecule has 1 unspecified atom stereocenters. The Kier molecular flexibility index (Phi) is 6.21. The number of hydrogen-bond donors (Lipinski definition) is 2. The zero-order valence-electron chi connectivity index (χ0n) is 11.0. The zero-order valence-corrected chi connectivity index (χ0v) is 11.8. The highest BCUT2D eigenvalue weighted by Crippen LogP contribution is 2.21. The van der Waals surface area contributed by atoms with Gasteiger partial charge in [-0.05, 0) is 33.2 Å². The van der Waals surface area contributed by atoms with Crippen LogP contribution >= 0.6 is 11.8 Å².